The summed E-state index contributed by atoms with van der Waals surface area (Å²) in [4.78, 5) is 36.0. The fraction of sp³-hybridized carbons (Fsp3) is 0.261. The summed E-state index contributed by atoms with van der Waals surface area (Å²) in [6.07, 6.45) is 0. The minimum Gasteiger partial charge on any atom is -0.860 e. The Bertz CT molecular complexity index is 1370. The fourth-order valence-electron chi connectivity index (χ4n) is 3.91. The zero-order valence-corrected chi connectivity index (χ0v) is 22.6. The van der Waals surface area contributed by atoms with Crippen molar-refractivity contribution in [3.63, 3.8) is 0 Å². The Kier molecular flexibility index (Phi) is 8.63. The molecule has 1 aromatic heterocycles. The van der Waals surface area contributed by atoms with E-state index in [2.05, 4.69) is 6.07 Å². The summed E-state index contributed by atoms with van der Waals surface area (Å²) >= 11 is 0. The summed E-state index contributed by atoms with van der Waals surface area (Å²) < 4.78 is 6.83. The molecule has 0 saturated carbocycles. The monoisotopic (exact) mass is 488 g/mol. The van der Waals surface area contributed by atoms with Crippen LogP contribution in [-0.4, -0.2) is 21.2 Å². The first-order valence-electron chi connectivity index (χ1n) is 9.83. The van der Waals surface area contributed by atoms with Gasteiger partial charge in [-0.3, -0.25) is 19.5 Å². The summed E-state index contributed by atoms with van der Waals surface area (Å²) in [5, 5.41) is 34.5. The number of hydrogen-bond donors (Lipinski definition) is 0. The van der Waals surface area contributed by atoms with E-state index in [0.29, 0.717) is 16.9 Å². The Labute approximate surface area is 237 Å². The molecule has 3 rings (SSSR count). The van der Waals surface area contributed by atoms with Gasteiger partial charge in [-0.2, -0.15) is 5.26 Å². The Morgan fingerprint density at radius 2 is 1.62 bits per heavy atom. The molecule has 2 aromatic carbocycles. The second kappa shape index (κ2) is 10.7. The summed E-state index contributed by atoms with van der Waals surface area (Å²) in [6.45, 7) is 1.55. The zero-order chi connectivity index (χ0) is 24.5. The van der Waals surface area contributed by atoms with Gasteiger partial charge in [0.1, 0.15) is 5.75 Å². The molecule has 0 fully saturated rings. The molecular formula is C23H21KN4O6. The molecule has 2 unspecified atom stereocenters. The molecule has 34 heavy (non-hydrogen) atoms. The summed E-state index contributed by atoms with van der Waals surface area (Å²) in [5.41, 5.74) is -2.68. The van der Waals surface area contributed by atoms with E-state index in [1.165, 1.54) is 45.5 Å². The summed E-state index contributed by atoms with van der Waals surface area (Å²) in [7, 11) is 4.00. The summed E-state index contributed by atoms with van der Waals surface area (Å²) in [6, 6.07) is 14.1. The molecule has 0 N–H and O–H groups in total. The van der Waals surface area contributed by atoms with Gasteiger partial charge >= 0.3 is 57.1 Å². The van der Waals surface area contributed by atoms with Crippen molar-refractivity contribution < 1.29 is 66.2 Å². The van der Waals surface area contributed by atoms with Gasteiger partial charge in [-0.1, -0.05) is 24.3 Å². The normalized spacial score (nSPS) is 13.1. The van der Waals surface area contributed by atoms with E-state index in [1.54, 1.807) is 31.2 Å². The van der Waals surface area contributed by atoms with Crippen molar-refractivity contribution in [3.05, 3.63) is 96.2 Å². The van der Waals surface area contributed by atoms with E-state index in [9.17, 15) is 30.1 Å². The maximum Gasteiger partial charge on any atom is 1.00 e. The van der Waals surface area contributed by atoms with Crippen molar-refractivity contribution in [2.24, 2.45) is 14.1 Å². The largest absolute Gasteiger partial charge is 1.00 e. The van der Waals surface area contributed by atoms with Gasteiger partial charge in [0.2, 0.25) is 0 Å². The second-order valence-corrected chi connectivity index (χ2v) is 7.75. The van der Waals surface area contributed by atoms with Gasteiger partial charge in [0.05, 0.1) is 23.5 Å². The van der Waals surface area contributed by atoms with E-state index in [-0.39, 0.29) is 62.6 Å². The first-order valence-corrected chi connectivity index (χ1v) is 9.83. The van der Waals surface area contributed by atoms with Crippen LogP contribution in [0.2, 0.25) is 0 Å². The smallest absolute Gasteiger partial charge is 0.860 e. The van der Waals surface area contributed by atoms with Crippen molar-refractivity contribution in [2.45, 2.75) is 18.3 Å². The van der Waals surface area contributed by atoms with E-state index in [1.807, 2.05) is 0 Å². The van der Waals surface area contributed by atoms with Gasteiger partial charge in [-0.05, 0) is 36.1 Å². The van der Waals surface area contributed by atoms with Gasteiger partial charge in [0.15, 0.2) is 0 Å². The Balaban J connectivity index is 0.00000408. The Hall–Kier alpha value is -2.75. The third-order valence-corrected chi connectivity index (χ3v) is 5.87. The first-order chi connectivity index (χ1) is 15.6. The number of non-ortho nitro benzene ring substituents is 1. The molecule has 0 saturated heterocycles. The number of nitro groups is 1. The van der Waals surface area contributed by atoms with Crippen LogP contribution in [0.3, 0.4) is 0 Å². The molecule has 0 aliphatic heterocycles. The van der Waals surface area contributed by atoms with E-state index in [0.717, 1.165) is 9.13 Å². The number of methoxy groups -OCH3 is 1. The van der Waals surface area contributed by atoms with Crippen LogP contribution >= 0.6 is 0 Å². The first kappa shape index (κ1) is 27.5. The standard InChI is InChI=1S/C23H22N4O6.K/c1-23(13-24,15-7-9-16(10-8-15)27(31)32)19(14-5-11-17(33-4)12-6-14)18-20(28)25(2)22(30)26(3)21(18)29;/h5-12,19,28H,1-4H3;/q;+1/p-1. The van der Waals surface area contributed by atoms with Gasteiger partial charge in [-0.15, -0.1) is 0 Å². The van der Waals surface area contributed by atoms with Crippen LogP contribution in [0.1, 0.15) is 29.5 Å². The van der Waals surface area contributed by atoms with Gasteiger partial charge < -0.3 is 14.4 Å². The maximum absolute atomic E-state index is 13.2. The Morgan fingerprint density at radius 3 is 2.09 bits per heavy atom. The maximum atomic E-state index is 13.2. The minimum atomic E-state index is -1.49. The second-order valence-electron chi connectivity index (χ2n) is 7.75. The Morgan fingerprint density at radius 1 is 1.06 bits per heavy atom. The van der Waals surface area contributed by atoms with Crippen LogP contribution < -0.4 is 72.5 Å². The van der Waals surface area contributed by atoms with Crippen molar-refractivity contribution >= 4 is 5.69 Å². The molecule has 0 bridgehead atoms. The number of nitriles is 1. The molecule has 1 heterocycles. The van der Waals surface area contributed by atoms with Crippen LogP contribution in [0.4, 0.5) is 5.69 Å². The van der Waals surface area contributed by atoms with E-state index >= 15 is 0 Å². The zero-order valence-electron chi connectivity index (χ0n) is 19.4. The van der Waals surface area contributed by atoms with Crippen LogP contribution in [0, 0.1) is 21.4 Å². The SMILES string of the molecule is COc1ccc(C(c2c([O-])n(C)c(=O)n(C)c2=O)C(C)(C#N)c2ccc([N+](=O)[O-])cc2)cc1.[K+]. The van der Waals surface area contributed by atoms with Crippen LogP contribution in [0.5, 0.6) is 11.6 Å². The average Bonchev–Trinajstić information content (AvgIpc) is 2.84. The molecule has 0 spiro atoms. The topological polar surface area (TPSA) is 143 Å². The molecule has 0 amide bonds. The molecular weight excluding hydrogens is 467 g/mol. The number of hydrogen-bond acceptors (Lipinski definition) is 7. The molecule has 0 aliphatic carbocycles. The predicted octanol–water partition coefficient (Wildman–Crippen LogP) is -1.31. The van der Waals surface area contributed by atoms with Crippen molar-refractivity contribution in [3.8, 4) is 17.7 Å². The molecule has 0 aliphatic rings. The van der Waals surface area contributed by atoms with Crippen LogP contribution in [0.15, 0.2) is 58.1 Å². The number of benzene rings is 2. The quantitative estimate of drug-likeness (QED) is 0.238. The van der Waals surface area contributed by atoms with Crippen molar-refractivity contribution in [1.29, 1.82) is 5.26 Å². The van der Waals surface area contributed by atoms with Gasteiger partial charge in [-0.25, -0.2) is 4.79 Å². The molecule has 2 atom stereocenters. The molecule has 10 nitrogen and oxygen atoms in total. The number of nitrogens with zero attached hydrogens (tertiary/aromatic N) is 4. The number of ether oxygens (including phenoxy) is 1. The van der Waals surface area contributed by atoms with Crippen molar-refractivity contribution in [2.75, 3.05) is 7.11 Å². The third-order valence-electron chi connectivity index (χ3n) is 5.87. The van der Waals surface area contributed by atoms with Crippen LogP contribution in [-0.2, 0) is 19.5 Å². The predicted molar refractivity (Wildman–Crippen MR) is 117 cm³/mol. The average molecular weight is 489 g/mol. The molecule has 3 aromatic rings. The molecule has 170 valence electrons. The molecule has 11 heteroatoms. The number of rotatable bonds is 6. The van der Waals surface area contributed by atoms with Crippen LogP contribution in [0.25, 0.3) is 0 Å². The minimum absolute atomic E-state index is 0. The van der Waals surface area contributed by atoms with E-state index in [4.69, 9.17) is 4.74 Å². The number of nitro benzene ring substituents is 1. The number of aromatic nitrogens is 2. The summed E-state index contributed by atoms with van der Waals surface area (Å²) in [5.74, 6) is -1.37. The van der Waals surface area contributed by atoms with Crippen molar-refractivity contribution in [1.82, 2.24) is 9.13 Å². The van der Waals surface area contributed by atoms with Gasteiger partial charge in [0.25, 0.3) is 11.2 Å². The molecule has 0 radical (unpaired) electrons. The van der Waals surface area contributed by atoms with Gasteiger partial charge in [0, 0.05) is 37.7 Å². The third kappa shape index (κ3) is 4.73. The fourth-order valence-corrected chi connectivity index (χ4v) is 3.91. The van der Waals surface area contributed by atoms with E-state index < -0.39 is 33.4 Å².